The summed E-state index contributed by atoms with van der Waals surface area (Å²) < 4.78 is 1.73. The lowest BCUT2D eigenvalue weighted by Gasteiger charge is -2.15. The first-order chi connectivity index (χ1) is 6.77. The van der Waals surface area contributed by atoms with Crippen LogP contribution in [0.15, 0.2) is 12.7 Å². The highest BCUT2D eigenvalue weighted by Crippen LogP contribution is 2.05. The van der Waals surface area contributed by atoms with Crippen LogP contribution in [0.4, 0.5) is 4.79 Å². The summed E-state index contributed by atoms with van der Waals surface area (Å²) in [5.41, 5.74) is 0. The average molecular weight is 195 g/mol. The van der Waals surface area contributed by atoms with Crippen molar-refractivity contribution in [2.75, 3.05) is 26.7 Å². The Balaban J connectivity index is 1.84. The SMILES string of the molecule is CN1CCN(CCn2cncn2)C1=O. The Hall–Kier alpha value is -1.59. The minimum Gasteiger partial charge on any atom is -0.326 e. The molecule has 1 aliphatic rings. The second kappa shape index (κ2) is 3.65. The van der Waals surface area contributed by atoms with E-state index in [2.05, 4.69) is 10.1 Å². The number of hydrogen-bond acceptors (Lipinski definition) is 3. The number of rotatable bonds is 3. The molecule has 14 heavy (non-hydrogen) atoms. The smallest absolute Gasteiger partial charge is 0.319 e. The first kappa shape index (κ1) is 8.98. The van der Waals surface area contributed by atoms with E-state index in [-0.39, 0.29) is 6.03 Å². The Morgan fingerprint density at radius 1 is 1.43 bits per heavy atom. The molecule has 0 aliphatic carbocycles. The maximum absolute atomic E-state index is 11.5. The van der Waals surface area contributed by atoms with E-state index in [0.29, 0.717) is 13.1 Å². The van der Waals surface area contributed by atoms with Gasteiger partial charge in [-0.15, -0.1) is 0 Å². The van der Waals surface area contributed by atoms with Gasteiger partial charge in [0.2, 0.25) is 0 Å². The molecule has 0 unspecified atom stereocenters. The molecular weight excluding hydrogens is 182 g/mol. The van der Waals surface area contributed by atoms with Gasteiger partial charge < -0.3 is 9.80 Å². The molecule has 0 aromatic carbocycles. The van der Waals surface area contributed by atoms with Crippen molar-refractivity contribution in [1.82, 2.24) is 24.6 Å². The summed E-state index contributed by atoms with van der Waals surface area (Å²) in [6.45, 7) is 3.03. The lowest BCUT2D eigenvalue weighted by atomic mass is 10.5. The van der Waals surface area contributed by atoms with Gasteiger partial charge in [-0.05, 0) is 0 Å². The zero-order chi connectivity index (χ0) is 9.97. The van der Waals surface area contributed by atoms with Crippen molar-refractivity contribution < 1.29 is 4.79 Å². The van der Waals surface area contributed by atoms with Gasteiger partial charge >= 0.3 is 6.03 Å². The summed E-state index contributed by atoms with van der Waals surface area (Å²) in [6, 6.07) is 0.102. The standard InChI is InChI=1S/C8H13N5O/c1-11-2-3-12(8(11)14)4-5-13-7-9-6-10-13/h6-7H,2-5H2,1H3. The van der Waals surface area contributed by atoms with Crippen molar-refractivity contribution in [1.29, 1.82) is 0 Å². The number of likely N-dealkylation sites (N-methyl/N-ethyl adjacent to an activating group) is 1. The van der Waals surface area contributed by atoms with Crippen LogP contribution in [0, 0.1) is 0 Å². The number of hydrogen-bond donors (Lipinski definition) is 0. The Morgan fingerprint density at radius 3 is 2.86 bits per heavy atom. The number of aromatic nitrogens is 3. The van der Waals surface area contributed by atoms with Crippen LogP contribution in [0.3, 0.4) is 0 Å². The van der Waals surface area contributed by atoms with Gasteiger partial charge in [-0.25, -0.2) is 9.78 Å². The molecule has 1 aromatic heterocycles. The molecule has 0 bridgehead atoms. The van der Waals surface area contributed by atoms with Crippen LogP contribution < -0.4 is 0 Å². The third-order valence-corrected chi connectivity index (χ3v) is 2.37. The highest BCUT2D eigenvalue weighted by molar-refractivity contribution is 5.76. The van der Waals surface area contributed by atoms with Crippen molar-refractivity contribution in [3.05, 3.63) is 12.7 Å². The van der Waals surface area contributed by atoms with Crippen LogP contribution in [-0.4, -0.2) is 57.3 Å². The molecule has 1 saturated heterocycles. The third-order valence-electron chi connectivity index (χ3n) is 2.37. The first-order valence-corrected chi connectivity index (χ1v) is 4.60. The quantitative estimate of drug-likeness (QED) is 0.662. The third kappa shape index (κ3) is 1.68. The van der Waals surface area contributed by atoms with Crippen LogP contribution in [0.2, 0.25) is 0 Å². The van der Waals surface area contributed by atoms with Gasteiger partial charge in [0.15, 0.2) is 0 Å². The maximum atomic E-state index is 11.5. The van der Waals surface area contributed by atoms with E-state index in [1.807, 2.05) is 11.9 Å². The van der Waals surface area contributed by atoms with E-state index < -0.39 is 0 Å². The van der Waals surface area contributed by atoms with Crippen molar-refractivity contribution >= 4 is 6.03 Å². The fraction of sp³-hybridized carbons (Fsp3) is 0.625. The van der Waals surface area contributed by atoms with Gasteiger partial charge in [0.25, 0.3) is 0 Å². The molecular formula is C8H13N5O. The molecule has 2 heterocycles. The number of amides is 2. The number of carbonyl (C=O) groups excluding carboxylic acids is 1. The molecule has 2 amide bonds. The molecule has 1 fully saturated rings. The van der Waals surface area contributed by atoms with Crippen LogP contribution in [0.5, 0.6) is 0 Å². The van der Waals surface area contributed by atoms with Gasteiger partial charge in [-0.2, -0.15) is 5.10 Å². The van der Waals surface area contributed by atoms with E-state index in [4.69, 9.17) is 0 Å². The first-order valence-electron chi connectivity index (χ1n) is 4.60. The van der Waals surface area contributed by atoms with E-state index in [9.17, 15) is 4.79 Å². The van der Waals surface area contributed by atoms with Gasteiger partial charge in [0.1, 0.15) is 12.7 Å². The highest BCUT2D eigenvalue weighted by Gasteiger charge is 2.24. The van der Waals surface area contributed by atoms with E-state index >= 15 is 0 Å². The van der Waals surface area contributed by atoms with Gasteiger partial charge in [-0.1, -0.05) is 0 Å². The lowest BCUT2D eigenvalue weighted by Crippen LogP contribution is -2.32. The fourth-order valence-corrected chi connectivity index (χ4v) is 1.48. The number of urea groups is 1. The Bertz CT molecular complexity index is 310. The predicted octanol–water partition coefficient (Wildman–Crippen LogP) is -0.355. The van der Waals surface area contributed by atoms with Gasteiger partial charge in [0, 0.05) is 26.7 Å². The summed E-state index contributed by atoms with van der Waals surface area (Å²) in [5, 5.41) is 3.98. The maximum Gasteiger partial charge on any atom is 0.319 e. The van der Waals surface area contributed by atoms with Gasteiger partial charge in [0.05, 0.1) is 6.54 Å². The Kier molecular flexibility index (Phi) is 2.34. The van der Waals surface area contributed by atoms with E-state index in [0.717, 1.165) is 13.1 Å². The molecule has 0 N–H and O–H groups in total. The van der Waals surface area contributed by atoms with Crippen LogP contribution in [0.25, 0.3) is 0 Å². The topological polar surface area (TPSA) is 54.3 Å². The molecule has 0 saturated carbocycles. The summed E-state index contributed by atoms with van der Waals surface area (Å²) in [7, 11) is 1.82. The summed E-state index contributed by atoms with van der Waals surface area (Å²) >= 11 is 0. The predicted molar refractivity (Wildman–Crippen MR) is 49.6 cm³/mol. The summed E-state index contributed by atoms with van der Waals surface area (Å²) in [6.07, 6.45) is 3.15. The number of nitrogens with zero attached hydrogens (tertiary/aromatic N) is 5. The van der Waals surface area contributed by atoms with Crippen molar-refractivity contribution in [3.63, 3.8) is 0 Å². The minimum atomic E-state index is 0.102. The average Bonchev–Trinajstić information content (AvgIpc) is 2.77. The molecule has 1 aliphatic heterocycles. The summed E-state index contributed by atoms with van der Waals surface area (Å²) in [5.74, 6) is 0. The second-order valence-electron chi connectivity index (χ2n) is 3.35. The van der Waals surface area contributed by atoms with Gasteiger partial charge in [-0.3, -0.25) is 4.68 Å². The van der Waals surface area contributed by atoms with E-state index in [1.54, 1.807) is 15.9 Å². The van der Waals surface area contributed by atoms with Crippen molar-refractivity contribution in [3.8, 4) is 0 Å². The highest BCUT2D eigenvalue weighted by atomic mass is 16.2. The van der Waals surface area contributed by atoms with E-state index in [1.165, 1.54) is 6.33 Å². The fourth-order valence-electron chi connectivity index (χ4n) is 1.48. The normalized spacial score (nSPS) is 16.8. The Morgan fingerprint density at radius 2 is 2.29 bits per heavy atom. The molecule has 2 rings (SSSR count). The molecule has 1 aromatic rings. The molecule has 6 heteroatoms. The molecule has 76 valence electrons. The van der Waals surface area contributed by atoms with Crippen LogP contribution >= 0.6 is 0 Å². The van der Waals surface area contributed by atoms with Crippen molar-refractivity contribution in [2.45, 2.75) is 6.54 Å². The zero-order valence-electron chi connectivity index (χ0n) is 8.13. The zero-order valence-corrected chi connectivity index (χ0v) is 8.13. The Labute approximate surface area is 82.1 Å². The molecule has 6 nitrogen and oxygen atoms in total. The molecule has 0 spiro atoms. The largest absolute Gasteiger partial charge is 0.326 e. The molecule has 0 atom stereocenters. The van der Waals surface area contributed by atoms with Crippen LogP contribution in [-0.2, 0) is 6.54 Å². The van der Waals surface area contributed by atoms with Crippen LogP contribution in [0.1, 0.15) is 0 Å². The lowest BCUT2D eigenvalue weighted by molar-refractivity contribution is 0.196. The van der Waals surface area contributed by atoms with Crippen molar-refractivity contribution in [2.24, 2.45) is 0 Å². The second-order valence-corrected chi connectivity index (χ2v) is 3.35. The summed E-state index contributed by atoms with van der Waals surface area (Å²) in [4.78, 5) is 18.9. The number of carbonyl (C=O) groups is 1. The monoisotopic (exact) mass is 195 g/mol. The molecule has 0 radical (unpaired) electrons. The minimum absolute atomic E-state index is 0.102.